The molecule has 1 N–H and O–H groups in total. The van der Waals surface area contributed by atoms with Crippen molar-refractivity contribution >= 4 is 11.7 Å². The number of rotatable bonds is 3. The number of amides is 2. The van der Waals surface area contributed by atoms with Crippen molar-refractivity contribution in [2.24, 2.45) is 0 Å². The van der Waals surface area contributed by atoms with Crippen molar-refractivity contribution in [3.05, 3.63) is 29.8 Å². The standard InChI is InChI=1S/C17H25N3O/c1-13(2)15-5-3-4-6-16(15)19-9-11-20(12-10-19)17(21)18-14-7-8-14/h3-6,13-14H,7-12H2,1-2H3,(H,18,21). The first-order chi connectivity index (χ1) is 10.1. The van der Waals surface area contributed by atoms with Gasteiger partial charge in [-0.05, 0) is 30.4 Å². The second-order valence-corrected chi connectivity index (χ2v) is 6.41. The van der Waals surface area contributed by atoms with E-state index >= 15 is 0 Å². The maximum Gasteiger partial charge on any atom is 0.317 e. The maximum atomic E-state index is 12.1. The molecule has 21 heavy (non-hydrogen) atoms. The maximum absolute atomic E-state index is 12.1. The first-order valence-corrected chi connectivity index (χ1v) is 8.04. The van der Waals surface area contributed by atoms with Gasteiger partial charge in [-0.3, -0.25) is 0 Å². The molecule has 2 fully saturated rings. The van der Waals surface area contributed by atoms with Crippen molar-refractivity contribution in [2.45, 2.75) is 38.6 Å². The lowest BCUT2D eigenvalue weighted by Gasteiger charge is -2.37. The molecule has 0 aromatic heterocycles. The summed E-state index contributed by atoms with van der Waals surface area (Å²) >= 11 is 0. The Morgan fingerprint density at radius 1 is 1.14 bits per heavy atom. The van der Waals surface area contributed by atoms with Gasteiger partial charge in [0.15, 0.2) is 0 Å². The Balaban J connectivity index is 1.61. The number of nitrogens with one attached hydrogen (secondary N) is 1. The Morgan fingerprint density at radius 2 is 1.81 bits per heavy atom. The number of hydrogen-bond donors (Lipinski definition) is 1. The van der Waals surface area contributed by atoms with Gasteiger partial charge in [0.1, 0.15) is 0 Å². The summed E-state index contributed by atoms with van der Waals surface area (Å²) in [5.74, 6) is 0.525. The molecule has 1 aliphatic carbocycles. The smallest absolute Gasteiger partial charge is 0.317 e. The van der Waals surface area contributed by atoms with Gasteiger partial charge in [-0.25, -0.2) is 4.79 Å². The third-order valence-corrected chi connectivity index (χ3v) is 4.37. The highest BCUT2D eigenvalue weighted by Gasteiger charge is 2.28. The highest BCUT2D eigenvalue weighted by molar-refractivity contribution is 5.75. The van der Waals surface area contributed by atoms with Crippen molar-refractivity contribution in [1.29, 1.82) is 0 Å². The molecule has 2 amide bonds. The molecule has 0 bridgehead atoms. The van der Waals surface area contributed by atoms with Crippen LogP contribution in [-0.2, 0) is 0 Å². The predicted octanol–water partition coefficient (Wildman–Crippen LogP) is 2.80. The topological polar surface area (TPSA) is 35.6 Å². The summed E-state index contributed by atoms with van der Waals surface area (Å²) in [5, 5.41) is 3.08. The van der Waals surface area contributed by atoms with Gasteiger partial charge in [-0.15, -0.1) is 0 Å². The number of benzene rings is 1. The molecule has 1 aromatic carbocycles. The highest BCUT2D eigenvalue weighted by Crippen LogP contribution is 2.28. The zero-order chi connectivity index (χ0) is 14.8. The van der Waals surface area contributed by atoms with Crippen LogP contribution in [0.3, 0.4) is 0 Å². The van der Waals surface area contributed by atoms with Gasteiger partial charge in [-0.1, -0.05) is 32.0 Å². The minimum atomic E-state index is 0.120. The fraction of sp³-hybridized carbons (Fsp3) is 0.588. The number of carbonyl (C=O) groups is 1. The number of para-hydroxylation sites is 1. The van der Waals surface area contributed by atoms with Crippen LogP contribution in [0.4, 0.5) is 10.5 Å². The molecule has 0 unspecified atom stereocenters. The predicted molar refractivity (Wildman–Crippen MR) is 85.9 cm³/mol. The third-order valence-electron chi connectivity index (χ3n) is 4.37. The quantitative estimate of drug-likeness (QED) is 0.928. The van der Waals surface area contributed by atoms with Gasteiger partial charge in [0.25, 0.3) is 0 Å². The SMILES string of the molecule is CC(C)c1ccccc1N1CCN(C(=O)NC2CC2)CC1. The molecular weight excluding hydrogens is 262 g/mol. The zero-order valence-electron chi connectivity index (χ0n) is 13.0. The van der Waals surface area contributed by atoms with Gasteiger partial charge < -0.3 is 15.1 Å². The molecule has 0 spiro atoms. The number of piperazine rings is 1. The number of hydrogen-bond acceptors (Lipinski definition) is 2. The fourth-order valence-electron chi connectivity index (χ4n) is 2.91. The van der Waals surface area contributed by atoms with E-state index in [0.29, 0.717) is 12.0 Å². The fourth-order valence-corrected chi connectivity index (χ4v) is 2.91. The van der Waals surface area contributed by atoms with Gasteiger partial charge in [0.2, 0.25) is 0 Å². The molecule has 1 heterocycles. The van der Waals surface area contributed by atoms with Crippen LogP contribution >= 0.6 is 0 Å². The molecule has 4 nitrogen and oxygen atoms in total. The van der Waals surface area contributed by atoms with Crippen molar-refractivity contribution < 1.29 is 4.79 Å². The molecule has 1 saturated heterocycles. The summed E-state index contributed by atoms with van der Waals surface area (Å²) in [5.41, 5.74) is 2.73. The van der Waals surface area contributed by atoms with Crippen LogP contribution in [0.1, 0.15) is 38.2 Å². The van der Waals surface area contributed by atoms with Crippen molar-refractivity contribution in [2.75, 3.05) is 31.1 Å². The van der Waals surface area contributed by atoms with Crippen LogP contribution in [0.2, 0.25) is 0 Å². The van der Waals surface area contributed by atoms with E-state index in [1.54, 1.807) is 0 Å². The largest absolute Gasteiger partial charge is 0.368 e. The Labute approximate surface area is 127 Å². The average molecular weight is 287 g/mol. The van der Waals surface area contributed by atoms with Gasteiger partial charge >= 0.3 is 6.03 Å². The van der Waals surface area contributed by atoms with E-state index in [1.807, 2.05) is 4.90 Å². The van der Waals surface area contributed by atoms with E-state index in [2.05, 4.69) is 48.3 Å². The van der Waals surface area contributed by atoms with Crippen molar-refractivity contribution in [1.82, 2.24) is 10.2 Å². The first-order valence-electron chi connectivity index (χ1n) is 8.04. The summed E-state index contributed by atoms with van der Waals surface area (Å²) in [6, 6.07) is 9.19. The monoisotopic (exact) mass is 287 g/mol. The third kappa shape index (κ3) is 3.31. The van der Waals surface area contributed by atoms with E-state index in [9.17, 15) is 4.79 Å². The minimum absolute atomic E-state index is 0.120. The summed E-state index contributed by atoms with van der Waals surface area (Å²) in [4.78, 5) is 16.4. The van der Waals surface area contributed by atoms with E-state index < -0.39 is 0 Å². The number of anilines is 1. The van der Waals surface area contributed by atoms with Crippen LogP contribution < -0.4 is 10.2 Å². The lowest BCUT2D eigenvalue weighted by atomic mass is 10.00. The molecule has 1 aliphatic heterocycles. The molecule has 4 heteroatoms. The highest BCUT2D eigenvalue weighted by atomic mass is 16.2. The van der Waals surface area contributed by atoms with Crippen LogP contribution in [0.25, 0.3) is 0 Å². The Morgan fingerprint density at radius 3 is 2.43 bits per heavy atom. The second-order valence-electron chi connectivity index (χ2n) is 6.41. The lowest BCUT2D eigenvalue weighted by molar-refractivity contribution is 0.194. The normalized spacial score (nSPS) is 19.0. The summed E-state index contributed by atoms with van der Waals surface area (Å²) < 4.78 is 0. The van der Waals surface area contributed by atoms with Crippen molar-refractivity contribution in [3.63, 3.8) is 0 Å². The summed E-state index contributed by atoms with van der Waals surface area (Å²) in [6.07, 6.45) is 2.29. The molecule has 114 valence electrons. The van der Waals surface area contributed by atoms with Crippen LogP contribution in [0, 0.1) is 0 Å². The van der Waals surface area contributed by atoms with E-state index in [4.69, 9.17) is 0 Å². The average Bonchev–Trinajstić information content (AvgIpc) is 3.31. The lowest BCUT2D eigenvalue weighted by Crippen LogP contribution is -2.52. The Hall–Kier alpha value is -1.71. The molecule has 1 aromatic rings. The molecule has 0 radical (unpaired) electrons. The van der Waals surface area contributed by atoms with Crippen molar-refractivity contribution in [3.8, 4) is 0 Å². The Bertz CT molecular complexity index is 503. The van der Waals surface area contributed by atoms with Crippen LogP contribution in [-0.4, -0.2) is 43.2 Å². The molecule has 1 saturated carbocycles. The summed E-state index contributed by atoms with van der Waals surface area (Å²) in [6.45, 7) is 7.93. The molecule has 0 atom stereocenters. The van der Waals surface area contributed by atoms with E-state index in [-0.39, 0.29) is 6.03 Å². The first kappa shape index (κ1) is 14.2. The summed E-state index contributed by atoms with van der Waals surface area (Å²) in [7, 11) is 0. The van der Waals surface area contributed by atoms with Crippen LogP contribution in [0.5, 0.6) is 0 Å². The van der Waals surface area contributed by atoms with Gasteiger partial charge in [0, 0.05) is 37.9 Å². The second kappa shape index (κ2) is 5.96. The number of nitrogens with zero attached hydrogens (tertiary/aromatic N) is 2. The van der Waals surface area contributed by atoms with E-state index in [0.717, 1.165) is 39.0 Å². The number of carbonyl (C=O) groups excluding carboxylic acids is 1. The van der Waals surface area contributed by atoms with Gasteiger partial charge in [-0.2, -0.15) is 0 Å². The molecule has 3 rings (SSSR count). The van der Waals surface area contributed by atoms with Gasteiger partial charge in [0.05, 0.1) is 0 Å². The minimum Gasteiger partial charge on any atom is -0.368 e. The Kier molecular flexibility index (Phi) is 4.04. The number of urea groups is 1. The van der Waals surface area contributed by atoms with Crippen LogP contribution in [0.15, 0.2) is 24.3 Å². The molecule has 2 aliphatic rings. The van der Waals surface area contributed by atoms with E-state index in [1.165, 1.54) is 11.3 Å². The molecular formula is C17H25N3O. The zero-order valence-corrected chi connectivity index (χ0v) is 13.0.